The fraction of sp³-hybridized carbons (Fsp3) is 0.462. The zero-order valence-corrected chi connectivity index (χ0v) is 12.4. The number of rotatable bonds is 6. The van der Waals surface area contributed by atoms with Crippen molar-refractivity contribution in [2.75, 3.05) is 13.2 Å². The molecule has 1 saturated carbocycles. The van der Waals surface area contributed by atoms with E-state index in [9.17, 15) is 14.9 Å². The second kappa shape index (κ2) is 5.88. The monoisotopic (exact) mass is 342 g/mol. The maximum atomic E-state index is 12.0. The third-order valence-electron chi connectivity index (χ3n) is 3.63. The largest absolute Gasteiger partial charge is 0.396 e. The molecule has 1 amide bonds. The average molecular weight is 343 g/mol. The van der Waals surface area contributed by atoms with Crippen LogP contribution in [0.2, 0.25) is 0 Å². The third kappa shape index (κ3) is 3.34. The molecule has 2 N–H and O–H groups in total. The molecule has 6 nitrogen and oxygen atoms in total. The van der Waals surface area contributed by atoms with Crippen LogP contribution in [0.4, 0.5) is 5.69 Å². The number of nitro groups is 1. The van der Waals surface area contributed by atoms with E-state index in [-0.39, 0.29) is 29.2 Å². The molecule has 1 fully saturated rings. The highest BCUT2D eigenvalue weighted by Crippen LogP contribution is 2.47. The highest BCUT2D eigenvalue weighted by Gasteiger charge is 2.41. The summed E-state index contributed by atoms with van der Waals surface area (Å²) < 4.78 is 0.345. The van der Waals surface area contributed by atoms with Crippen LogP contribution in [0, 0.1) is 15.5 Å². The Hall–Kier alpha value is -1.47. The first-order valence-electron chi connectivity index (χ1n) is 6.30. The van der Waals surface area contributed by atoms with E-state index in [0.29, 0.717) is 17.4 Å². The van der Waals surface area contributed by atoms with E-state index in [0.717, 1.165) is 12.8 Å². The van der Waals surface area contributed by atoms with Gasteiger partial charge in [-0.15, -0.1) is 0 Å². The van der Waals surface area contributed by atoms with Crippen LogP contribution in [0.15, 0.2) is 22.7 Å². The Morgan fingerprint density at radius 1 is 1.50 bits per heavy atom. The molecule has 0 radical (unpaired) electrons. The van der Waals surface area contributed by atoms with Crippen molar-refractivity contribution in [2.45, 2.75) is 19.3 Å². The molecule has 2 rings (SSSR count). The lowest BCUT2D eigenvalue weighted by molar-refractivity contribution is -0.385. The molecule has 1 aromatic rings. The smallest absolute Gasteiger partial charge is 0.284 e. The molecule has 0 aliphatic heterocycles. The molecule has 20 heavy (non-hydrogen) atoms. The van der Waals surface area contributed by atoms with E-state index < -0.39 is 4.92 Å². The van der Waals surface area contributed by atoms with E-state index in [4.69, 9.17) is 5.11 Å². The van der Waals surface area contributed by atoms with E-state index in [1.807, 2.05) is 0 Å². The maximum Gasteiger partial charge on any atom is 0.284 e. The van der Waals surface area contributed by atoms with Crippen LogP contribution in [-0.2, 0) is 0 Å². The lowest BCUT2D eigenvalue weighted by Crippen LogP contribution is -2.30. The summed E-state index contributed by atoms with van der Waals surface area (Å²) in [4.78, 5) is 22.3. The van der Waals surface area contributed by atoms with Gasteiger partial charge in [-0.2, -0.15) is 0 Å². The first-order valence-corrected chi connectivity index (χ1v) is 7.10. The highest BCUT2D eigenvalue weighted by atomic mass is 79.9. The number of nitrogens with one attached hydrogen (secondary N) is 1. The predicted octanol–water partition coefficient (Wildman–Crippen LogP) is 2.25. The Labute approximate surface area is 124 Å². The minimum Gasteiger partial charge on any atom is -0.396 e. The molecule has 0 aromatic heterocycles. The van der Waals surface area contributed by atoms with Crippen molar-refractivity contribution < 1.29 is 14.8 Å². The minimum atomic E-state index is -0.533. The first kappa shape index (κ1) is 14.9. The number of aliphatic hydroxyl groups is 1. The number of hydrogen-bond donors (Lipinski definition) is 2. The predicted molar refractivity (Wildman–Crippen MR) is 76.5 cm³/mol. The number of halogens is 1. The van der Waals surface area contributed by atoms with E-state index in [1.54, 1.807) is 0 Å². The fourth-order valence-corrected chi connectivity index (χ4v) is 2.48. The van der Waals surface area contributed by atoms with Crippen molar-refractivity contribution in [3.05, 3.63) is 38.3 Å². The van der Waals surface area contributed by atoms with Crippen molar-refractivity contribution >= 4 is 27.5 Å². The zero-order chi connectivity index (χ0) is 14.8. The Balaban J connectivity index is 2.03. The zero-order valence-electron chi connectivity index (χ0n) is 10.8. The van der Waals surface area contributed by atoms with E-state index in [2.05, 4.69) is 21.2 Å². The van der Waals surface area contributed by atoms with Crippen molar-refractivity contribution in [3.63, 3.8) is 0 Å². The number of amides is 1. The Morgan fingerprint density at radius 3 is 2.75 bits per heavy atom. The third-order valence-corrected chi connectivity index (χ3v) is 4.30. The van der Waals surface area contributed by atoms with Gasteiger partial charge in [-0.3, -0.25) is 14.9 Å². The van der Waals surface area contributed by atoms with Gasteiger partial charge in [0.05, 0.1) is 9.40 Å². The number of carbonyl (C=O) groups is 1. The van der Waals surface area contributed by atoms with Gasteiger partial charge >= 0.3 is 0 Å². The van der Waals surface area contributed by atoms with Gasteiger partial charge in [0.1, 0.15) is 0 Å². The van der Waals surface area contributed by atoms with Crippen molar-refractivity contribution in [2.24, 2.45) is 5.41 Å². The van der Waals surface area contributed by atoms with Crippen LogP contribution in [0.3, 0.4) is 0 Å². The number of nitrogens with zero attached hydrogens (tertiary/aromatic N) is 1. The topological polar surface area (TPSA) is 92.5 Å². The minimum absolute atomic E-state index is 0.0196. The van der Waals surface area contributed by atoms with Crippen molar-refractivity contribution in [3.8, 4) is 0 Å². The number of benzene rings is 1. The van der Waals surface area contributed by atoms with Crippen LogP contribution < -0.4 is 5.32 Å². The lowest BCUT2D eigenvalue weighted by atomic mass is 10.0. The molecule has 1 aliphatic carbocycles. The molecule has 1 aliphatic rings. The molecule has 1 aromatic carbocycles. The van der Waals surface area contributed by atoms with E-state index in [1.165, 1.54) is 18.2 Å². The van der Waals surface area contributed by atoms with Gasteiger partial charge in [0.25, 0.3) is 11.6 Å². The summed E-state index contributed by atoms with van der Waals surface area (Å²) in [5.41, 5.74) is 0.153. The van der Waals surface area contributed by atoms with Crippen molar-refractivity contribution in [1.82, 2.24) is 5.32 Å². The summed E-state index contributed by atoms with van der Waals surface area (Å²) in [5, 5.41) is 22.6. The van der Waals surface area contributed by atoms with Gasteiger partial charge in [0.15, 0.2) is 0 Å². The molecule has 0 heterocycles. The molecule has 0 atom stereocenters. The summed E-state index contributed by atoms with van der Waals surface area (Å²) in [6, 6.07) is 4.29. The molecule has 108 valence electrons. The summed E-state index contributed by atoms with van der Waals surface area (Å²) in [6.07, 6.45) is 2.66. The summed E-state index contributed by atoms with van der Waals surface area (Å²) in [6.45, 7) is 0.607. The van der Waals surface area contributed by atoms with Crippen LogP contribution >= 0.6 is 15.9 Å². The van der Waals surface area contributed by atoms with Gasteiger partial charge in [-0.05, 0) is 52.7 Å². The van der Waals surface area contributed by atoms with Crippen LogP contribution in [0.1, 0.15) is 29.6 Å². The van der Waals surface area contributed by atoms with Crippen LogP contribution in [-0.4, -0.2) is 29.1 Å². The standard InChI is InChI=1S/C13H15BrN2O4/c14-10-2-1-9(7-11(10)16(19)20)12(18)15-8-13(3-4-13)5-6-17/h1-2,7,17H,3-6,8H2,(H,15,18). The maximum absolute atomic E-state index is 12.0. The highest BCUT2D eigenvalue weighted by molar-refractivity contribution is 9.10. The number of nitro benzene ring substituents is 1. The molecule has 0 unspecified atom stereocenters. The second-order valence-electron chi connectivity index (χ2n) is 5.08. The van der Waals surface area contributed by atoms with Gasteiger partial charge in [-0.1, -0.05) is 0 Å². The second-order valence-corrected chi connectivity index (χ2v) is 5.93. The average Bonchev–Trinajstić information content (AvgIpc) is 3.17. The van der Waals surface area contributed by atoms with Crippen LogP contribution in [0.5, 0.6) is 0 Å². The van der Waals surface area contributed by atoms with Gasteiger partial charge in [0.2, 0.25) is 0 Å². The van der Waals surface area contributed by atoms with Crippen LogP contribution in [0.25, 0.3) is 0 Å². The van der Waals surface area contributed by atoms with Crippen molar-refractivity contribution in [1.29, 1.82) is 0 Å². The first-order chi connectivity index (χ1) is 9.47. The Bertz CT molecular complexity index is 543. The number of aliphatic hydroxyl groups excluding tert-OH is 1. The number of carbonyl (C=O) groups excluding carboxylic acids is 1. The van der Waals surface area contributed by atoms with Gasteiger partial charge < -0.3 is 10.4 Å². The molecular formula is C13H15BrN2O4. The Kier molecular flexibility index (Phi) is 4.39. The number of hydrogen-bond acceptors (Lipinski definition) is 4. The Morgan fingerprint density at radius 2 is 2.20 bits per heavy atom. The summed E-state index contributed by atoms with van der Waals surface area (Å²) in [7, 11) is 0. The quantitative estimate of drug-likeness (QED) is 0.612. The normalized spacial score (nSPS) is 15.7. The summed E-state index contributed by atoms with van der Waals surface area (Å²) in [5.74, 6) is -0.329. The molecule has 0 bridgehead atoms. The molecular weight excluding hydrogens is 328 g/mol. The van der Waals surface area contributed by atoms with Gasteiger partial charge in [-0.25, -0.2) is 0 Å². The lowest BCUT2D eigenvalue weighted by Gasteiger charge is -2.14. The SMILES string of the molecule is O=C(NCC1(CCO)CC1)c1ccc(Br)c([N+](=O)[O-])c1. The molecule has 0 spiro atoms. The van der Waals surface area contributed by atoms with E-state index >= 15 is 0 Å². The molecule has 7 heteroatoms. The molecule has 0 saturated heterocycles. The fourth-order valence-electron chi connectivity index (χ4n) is 2.09. The summed E-state index contributed by atoms with van der Waals surface area (Å²) >= 11 is 3.08. The van der Waals surface area contributed by atoms with Gasteiger partial charge in [0, 0.05) is 24.8 Å².